The maximum Gasteiger partial charge on any atom is 0.269 e. The molecule has 1 N–H and O–H groups in total. The third-order valence-corrected chi connectivity index (χ3v) is 4.63. The lowest BCUT2D eigenvalue weighted by atomic mass is 9.99. The summed E-state index contributed by atoms with van der Waals surface area (Å²) in [7, 11) is 0. The molecule has 0 heterocycles. The standard InChI is InChI=1S/C23H22N2O3/c26-23(24-17-16-19-11-14-21(15-12-19)25(27)28)22-9-5-4-8-20(22)13-10-18-6-2-1-3-7-18/h1-9,11-12,14-15H,10,13,16-17H2,(H,24,26). The Kier molecular flexibility index (Phi) is 6.52. The van der Waals surface area contributed by atoms with Gasteiger partial charge in [-0.1, -0.05) is 60.7 Å². The number of nitro benzene ring substituents is 1. The number of nitro groups is 1. The van der Waals surface area contributed by atoms with Crippen molar-refractivity contribution in [2.75, 3.05) is 6.54 Å². The summed E-state index contributed by atoms with van der Waals surface area (Å²) < 4.78 is 0. The molecule has 1 amide bonds. The van der Waals surface area contributed by atoms with Crippen LogP contribution in [0.25, 0.3) is 0 Å². The zero-order chi connectivity index (χ0) is 19.8. The van der Waals surface area contributed by atoms with Crippen molar-refractivity contribution in [3.8, 4) is 0 Å². The van der Waals surface area contributed by atoms with Gasteiger partial charge in [-0.15, -0.1) is 0 Å². The van der Waals surface area contributed by atoms with Crippen LogP contribution in [0, 0.1) is 10.1 Å². The van der Waals surface area contributed by atoms with Crippen LogP contribution in [0.4, 0.5) is 5.69 Å². The Hall–Kier alpha value is -3.47. The lowest BCUT2D eigenvalue weighted by molar-refractivity contribution is -0.384. The van der Waals surface area contributed by atoms with E-state index >= 15 is 0 Å². The zero-order valence-corrected chi connectivity index (χ0v) is 15.5. The van der Waals surface area contributed by atoms with Crippen LogP contribution in [0.3, 0.4) is 0 Å². The molecule has 0 bridgehead atoms. The van der Waals surface area contributed by atoms with Gasteiger partial charge < -0.3 is 5.32 Å². The predicted octanol–water partition coefficient (Wildman–Crippen LogP) is 4.35. The third kappa shape index (κ3) is 5.27. The molecule has 0 unspecified atom stereocenters. The molecule has 5 nitrogen and oxygen atoms in total. The first-order valence-electron chi connectivity index (χ1n) is 9.27. The van der Waals surface area contributed by atoms with Gasteiger partial charge in [-0.2, -0.15) is 0 Å². The Balaban J connectivity index is 1.56. The highest BCUT2D eigenvalue weighted by Crippen LogP contribution is 2.14. The van der Waals surface area contributed by atoms with Crippen LogP contribution in [-0.4, -0.2) is 17.4 Å². The second kappa shape index (κ2) is 9.46. The number of carbonyl (C=O) groups is 1. The van der Waals surface area contributed by atoms with Crippen LogP contribution in [0.15, 0.2) is 78.9 Å². The van der Waals surface area contributed by atoms with E-state index in [-0.39, 0.29) is 11.6 Å². The van der Waals surface area contributed by atoms with Crippen molar-refractivity contribution in [1.82, 2.24) is 5.32 Å². The summed E-state index contributed by atoms with van der Waals surface area (Å²) in [6.45, 7) is 0.476. The van der Waals surface area contributed by atoms with Gasteiger partial charge in [-0.3, -0.25) is 14.9 Å². The van der Waals surface area contributed by atoms with Crippen LogP contribution >= 0.6 is 0 Å². The number of hydrogen-bond acceptors (Lipinski definition) is 3. The molecule has 142 valence electrons. The second-order valence-electron chi connectivity index (χ2n) is 6.57. The highest BCUT2D eigenvalue weighted by atomic mass is 16.6. The van der Waals surface area contributed by atoms with Crippen molar-refractivity contribution < 1.29 is 9.72 Å². The quantitative estimate of drug-likeness (QED) is 0.470. The first-order chi connectivity index (χ1) is 13.6. The van der Waals surface area contributed by atoms with Gasteiger partial charge >= 0.3 is 0 Å². The van der Waals surface area contributed by atoms with Crippen LogP contribution < -0.4 is 5.32 Å². The van der Waals surface area contributed by atoms with Crippen LogP contribution in [0.2, 0.25) is 0 Å². The fourth-order valence-corrected chi connectivity index (χ4v) is 3.08. The van der Waals surface area contributed by atoms with Gasteiger partial charge in [-0.25, -0.2) is 0 Å². The summed E-state index contributed by atoms with van der Waals surface area (Å²) in [5.41, 5.74) is 3.99. The molecule has 28 heavy (non-hydrogen) atoms. The fourth-order valence-electron chi connectivity index (χ4n) is 3.08. The molecule has 3 rings (SSSR count). The molecule has 0 radical (unpaired) electrons. The average molecular weight is 374 g/mol. The molecule has 0 fully saturated rings. The van der Waals surface area contributed by atoms with Gasteiger partial charge in [0.1, 0.15) is 0 Å². The van der Waals surface area contributed by atoms with Crippen LogP contribution in [0.5, 0.6) is 0 Å². The molecule has 5 heteroatoms. The molecule has 0 saturated heterocycles. The minimum atomic E-state index is -0.419. The highest BCUT2D eigenvalue weighted by molar-refractivity contribution is 5.95. The number of nitrogens with one attached hydrogen (secondary N) is 1. The monoisotopic (exact) mass is 374 g/mol. The zero-order valence-electron chi connectivity index (χ0n) is 15.5. The Bertz CT molecular complexity index is 938. The van der Waals surface area contributed by atoms with Gasteiger partial charge in [0, 0.05) is 24.2 Å². The van der Waals surface area contributed by atoms with Crippen molar-refractivity contribution in [2.45, 2.75) is 19.3 Å². The number of rotatable bonds is 8. The molecule has 0 aliphatic rings. The summed E-state index contributed by atoms with van der Waals surface area (Å²) in [4.78, 5) is 22.9. The molecule has 0 spiro atoms. The second-order valence-corrected chi connectivity index (χ2v) is 6.57. The first kappa shape index (κ1) is 19.3. The molecule has 0 aliphatic carbocycles. The van der Waals surface area contributed by atoms with E-state index in [1.165, 1.54) is 17.7 Å². The SMILES string of the molecule is O=C(NCCc1ccc([N+](=O)[O-])cc1)c1ccccc1CCc1ccccc1. The summed E-state index contributed by atoms with van der Waals surface area (Å²) in [6, 6.07) is 24.3. The number of aryl methyl sites for hydroxylation is 2. The number of hydrogen-bond donors (Lipinski definition) is 1. The number of non-ortho nitro benzene ring substituents is 1. The van der Waals surface area contributed by atoms with E-state index < -0.39 is 4.92 Å². The predicted molar refractivity (Wildman–Crippen MR) is 109 cm³/mol. The third-order valence-electron chi connectivity index (χ3n) is 4.63. The summed E-state index contributed by atoms with van der Waals surface area (Å²) in [5.74, 6) is -0.0921. The minimum Gasteiger partial charge on any atom is -0.352 e. The summed E-state index contributed by atoms with van der Waals surface area (Å²) in [6.07, 6.45) is 2.31. The van der Waals surface area contributed by atoms with Crippen LogP contribution in [0.1, 0.15) is 27.0 Å². The molecule has 3 aromatic carbocycles. The molecule has 0 saturated carbocycles. The van der Waals surface area contributed by atoms with Crippen molar-refractivity contribution in [3.05, 3.63) is 111 Å². The van der Waals surface area contributed by atoms with E-state index in [1.807, 2.05) is 42.5 Å². The normalized spacial score (nSPS) is 10.4. The largest absolute Gasteiger partial charge is 0.352 e. The number of benzene rings is 3. The first-order valence-corrected chi connectivity index (χ1v) is 9.27. The molecular weight excluding hydrogens is 352 g/mol. The molecule has 0 aliphatic heterocycles. The number of carbonyl (C=O) groups excluding carboxylic acids is 1. The topological polar surface area (TPSA) is 72.2 Å². The Morgan fingerprint density at radius 3 is 2.14 bits per heavy atom. The maximum absolute atomic E-state index is 12.6. The number of amides is 1. The van der Waals surface area contributed by atoms with E-state index in [0.29, 0.717) is 18.5 Å². The van der Waals surface area contributed by atoms with Gasteiger partial charge in [0.25, 0.3) is 11.6 Å². The van der Waals surface area contributed by atoms with Gasteiger partial charge in [-0.05, 0) is 42.0 Å². The molecule has 3 aromatic rings. The lowest BCUT2D eigenvalue weighted by Gasteiger charge is -2.10. The molecule has 0 atom stereocenters. The Morgan fingerprint density at radius 1 is 0.786 bits per heavy atom. The minimum absolute atomic E-state index is 0.0696. The van der Waals surface area contributed by atoms with Crippen molar-refractivity contribution in [2.24, 2.45) is 0 Å². The lowest BCUT2D eigenvalue weighted by Crippen LogP contribution is -2.26. The van der Waals surface area contributed by atoms with Crippen molar-refractivity contribution in [1.29, 1.82) is 0 Å². The fraction of sp³-hybridized carbons (Fsp3) is 0.174. The summed E-state index contributed by atoms with van der Waals surface area (Å²) >= 11 is 0. The molecular formula is C23H22N2O3. The average Bonchev–Trinajstić information content (AvgIpc) is 2.73. The Labute approximate surface area is 164 Å². The highest BCUT2D eigenvalue weighted by Gasteiger charge is 2.11. The van der Waals surface area contributed by atoms with E-state index in [1.54, 1.807) is 12.1 Å². The summed E-state index contributed by atoms with van der Waals surface area (Å²) in [5, 5.41) is 13.6. The van der Waals surface area contributed by atoms with E-state index in [0.717, 1.165) is 24.0 Å². The smallest absolute Gasteiger partial charge is 0.269 e. The maximum atomic E-state index is 12.6. The number of nitrogens with zero attached hydrogens (tertiary/aromatic N) is 1. The van der Waals surface area contributed by atoms with E-state index in [9.17, 15) is 14.9 Å². The van der Waals surface area contributed by atoms with Crippen molar-refractivity contribution in [3.63, 3.8) is 0 Å². The Morgan fingerprint density at radius 2 is 1.43 bits per heavy atom. The molecule has 0 aromatic heterocycles. The van der Waals surface area contributed by atoms with E-state index in [4.69, 9.17) is 0 Å². The van der Waals surface area contributed by atoms with Gasteiger partial charge in [0.2, 0.25) is 0 Å². The van der Waals surface area contributed by atoms with E-state index in [2.05, 4.69) is 17.4 Å². The van der Waals surface area contributed by atoms with Crippen LogP contribution in [-0.2, 0) is 19.3 Å². The van der Waals surface area contributed by atoms with Crippen molar-refractivity contribution >= 4 is 11.6 Å². The van der Waals surface area contributed by atoms with Gasteiger partial charge in [0.05, 0.1) is 4.92 Å². The van der Waals surface area contributed by atoms with Gasteiger partial charge in [0.15, 0.2) is 0 Å².